The Balaban J connectivity index is 0. The summed E-state index contributed by atoms with van der Waals surface area (Å²) in [6.45, 7) is 6.42. The molecule has 0 aliphatic rings. The zero-order valence-electron chi connectivity index (χ0n) is 8.22. The third-order valence-corrected chi connectivity index (χ3v) is 1.53. The molecule has 12 heavy (non-hydrogen) atoms. The van der Waals surface area contributed by atoms with Gasteiger partial charge in [0.25, 0.3) is 0 Å². The lowest BCUT2D eigenvalue weighted by Gasteiger charge is -1.96. The molecule has 0 atom stereocenters. The van der Waals surface area contributed by atoms with Crippen LogP contribution in [0.5, 0.6) is 0 Å². The predicted octanol–water partition coefficient (Wildman–Crippen LogP) is 1.85. The van der Waals surface area contributed by atoms with Gasteiger partial charge in [0.05, 0.1) is 6.61 Å². The van der Waals surface area contributed by atoms with E-state index in [4.69, 9.17) is 5.11 Å². The maximum atomic E-state index is 8.55. The molecular formula is C10H20O2. The maximum Gasteiger partial charge on any atom is 0.0614 e. The summed E-state index contributed by atoms with van der Waals surface area (Å²) in [5.74, 6) is 0. The molecule has 2 heteroatoms. The number of rotatable bonds is 4. The van der Waals surface area contributed by atoms with E-state index in [1.54, 1.807) is 0 Å². The van der Waals surface area contributed by atoms with E-state index in [1.807, 2.05) is 6.08 Å². The van der Waals surface area contributed by atoms with Gasteiger partial charge in [-0.1, -0.05) is 23.3 Å². The standard InChI is InChI=1S/C10H18O.H2O/c1-9(2)5-4-6-10(3)7-8-11;/h5,7,11H,4,6,8H2,1-3H3;1H2/b10-7+;. The predicted molar refractivity (Wildman–Crippen MR) is 53.1 cm³/mol. The summed E-state index contributed by atoms with van der Waals surface area (Å²) in [5, 5.41) is 8.55. The largest absolute Gasteiger partial charge is 0.412 e. The summed E-state index contributed by atoms with van der Waals surface area (Å²) in [7, 11) is 0. The van der Waals surface area contributed by atoms with Crippen LogP contribution in [0.2, 0.25) is 0 Å². The molecule has 0 aliphatic heterocycles. The van der Waals surface area contributed by atoms with Crippen molar-refractivity contribution in [2.24, 2.45) is 0 Å². The van der Waals surface area contributed by atoms with Gasteiger partial charge in [-0.3, -0.25) is 0 Å². The Bertz CT molecular complexity index is 153. The Morgan fingerprint density at radius 2 is 1.75 bits per heavy atom. The van der Waals surface area contributed by atoms with Crippen molar-refractivity contribution in [1.82, 2.24) is 0 Å². The Hall–Kier alpha value is -0.600. The van der Waals surface area contributed by atoms with E-state index < -0.39 is 0 Å². The molecule has 72 valence electrons. The van der Waals surface area contributed by atoms with Crippen LogP contribution in [0.15, 0.2) is 23.3 Å². The first-order chi connectivity index (χ1) is 5.16. The van der Waals surface area contributed by atoms with Crippen molar-refractivity contribution in [3.8, 4) is 0 Å². The Kier molecular flexibility index (Phi) is 9.88. The van der Waals surface area contributed by atoms with E-state index in [0.29, 0.717) is 0 Å². The number of aliphatic hydroxyl groups excluding tert-OH is 1. The fraction of sp³-hybridized carbons (Fsp3) is 0.600. The van der Waals surface area contributed by atoms with Crippen molar-refractivity contribution in [3.63, 3.8) is 0 Å². The molecule has 0 fully saturated rings. The van der Waals surface area contributed by atoms with Crippen LogP contribution >= 0.6 is 0 Å². The van der Waals surface area contributed by atoms with Gasteiger partial charge >= 0.3 is 0 Å². The van der Waals surface area contributed by atoms with Crippen LogP contribution in [-0.4, -0.2) is 17.2 Å². The molecule has 0 saturated heterocycles. The maximum absolute atomic E-state index is 8.55. The summed E-state index contributed by atoms with van der Waals surface area (Å²) in [6, 6.07) is 0. The molecule has 0 amide bonds. The lowest BCUT2D eigenvalue weighted by Crippen LogP contribution is -1.80. The summed E-state index contributed by atoms with van der Waals surface area (Å²) in [4.78, 5) is 0. The average molecular weight is 172 g/mol. The zero-order valence-corrected chi connectivity index (χ0v) is 8.22. The van der Waals surface area contributed by atoms with Gasteiger partial charge in [-0.2, -0.15) is 0 Å². The summed E-state index contributed by atoms with van der Waals surface area (Å²) >= 11 is 0. The second-order valence-electron chi connectivity index (χ2n) is 3.05. The quantitative estimate of drug-likeness (QED) is 0.646. The fourth-order valence-electron chi connectivity index (χ4n) is 0.846. The van der Waals surface area contributed by atoms with Crippen LogP contribution in [0.25, 0.3) is 0 Å². The lowest BCUT2D eigenvalue weighted by molar-refractivity contribution is 0.341. The SMILES string of the molecule is CC(C)=CCC/C(C)=C/CO.O. The van der Waals surface area contributed by atoms with Crippen molar-refractivity contribution in [1.29, 1.82) is 0 Å². The highest BCUT2D eigenvalue weighted by Crippen LogP contribution is 2.05. The molecule has 0 aromatic heterocycles. The minimum Gasteiger partial charge on any atom is -0.412 e. The summed E-state index contributed by atoms with van der Waals surface area (Å²) in [6.07, 6.45) is 6.23. The normalized spacial score (nSPS) is 10.5. The topological polar surface area (TPSA) is 51.7 Å². The van der Waals surface area contributed by atoms with E-state index >= 15 is 0 Å². The third-order valence-electron chi connectivity index (χ3n) is 1.53. The lowest BCUT2D eigenvalue weighted by atomic mass is 10.1. The molecule has 0 saturated carbocycles. The fourth-order valence-corrected chi connectivity index (χ4v) is 0.846. The first-order valence-electron chi connectivity index (χ1n) is 4.06. The van der Waals surface area contributed by atoms with Crippen LogP contribution in [0.4, 0.5) is 0 Å². The summed E-state index contributed by atoms with van der Waals surface area (Å²) in [5.41, 5.74) is 2.63. The van der Waals surface area contributed by atoms with Gasteiger partial charge < -0.3 is 10.6 Å². The Labute approximate surface area is 74.9 Å². The van der Waals surface area contributed by atoms with Crippen molar-refractivity contribution in [2.45, 2.75) is 33.6 Å². The average Bonchev–Trinajstić information content (AvgIpc) is 1.87. The van der Waals surface area contributed by atoms with Gasteiger partial charge in [0.15, 0.2) is 0 Å². The minimum absolute atomic E-state index is 0. The molecule has 2 nitrogen and oxygen atoms in total. The van der Waals surface area contributed by atoms with Crippen LogP contribution in [-0.2, 0) is 0 Å². The number of hydrogen-bond donors (Lipinski definition) is 1. The Morgan fingerprint density at radius 3 is 2.17 bits per heavy atom. The molecule has 0 spiro atoms. The van der Waals surface area contributed by atoms with Crippen molar-refractivity contribution in [2.75, 3.05) is 6.61 Å². The van der Waals surface area contributed by atoms with Crippen LogP contribution in [0.1, 0.15) is 33.6 Å². The van der Waals surface area contributed by atoms with Crippen LogP contribution < -0.4 is 0 Å². The van der Waals surface area contributed by atoms with E-state index in [9.17, 15) is 0 Å². The highest BCUT2D eigenvalue weighted by molar-refractivity contribution is 5.01. The van der Waals surface area contributed by atoms with Gasteiger partial charge in [-0.15, -0.1) is 0 Å². The van der Waals surface area contributed by atoms with Gasteiger partial charge in [-0.05, 0) is 33.6 Å². The van der Waals surface area contributed by atoms with Gasteiger partial charge in [0, 0.05) is 0 Å². The number of hydrogen-bond acceptors (Lipinski definition) is 1. The number of aliphatic hydroxyl groups is 1. The van der Waals surface area contributed by atoms with E-state index in [-0.39, 0.29) is 12.1 Å². The van der Waals surface area contributed by atoms with Crippen molar-refractivity contribution in [3.05, 3.63) is 23.3 Å². The second kappa shape index (κ2) is 8.50. The molecule has 0 aromatic carbocycles. The smallest absolute Gasteiger partial charge is 0.0614 e. The second-order valence-corrected chi connectivity index (χ2v) is 3.05. The molecule has 0 unspecified atom stereocenters. The molecule has 3 N–H and O–H groups in total. The number of allylic oxidation sites excluding steroid dienone is 3. The van der Waals surface area contributed by atoms with E-state index in [1.165, 1.54) is 11.1 Å². The summed E-state index contributed by atoms with van der Waals surface area (Å²) < 4.78 is 0. The Morgan fingerprint density at radius 1 is 1.17 bits per heavy atom. The monoisotopic (exact) mass is 172 g/mol. The molecule has 0 aliphatic carbocycles. The minimum atomic E-state index is 0. The first kappa shape index (κ1) is 14.0. The van der Waals surface area contributed by atoms with Crippen molar-refractivity contribution >= 4 is 0 Å². The van der Waals surface area contributed by atoms with Gasteiger partial charge in [0.2, 0.25) is 0 Å². The molecule has 0 bridgehead atoms. The highest BCUT2D eigenvalue weighted by atomic mass is 16.2. The zero-order chi connectivity index (χ0) is 8.69. The van der Waals surface area contributed by atoms with Crippen molar-refractivity contribution < 1.29 is 10.6 Å². The van der Waals surface area contributed by atoms with E-state index in [2.05, 4.69) is 26.8 Å². The van der Waals surface area contributed by atoms with Gasteiger partial charge in [-0.25, -0.2) is 0 Å². The third kappa shape index (κ3) is 9.40. The molecule has 0 heterocycles. The van der Waals surface area contributed by atoms with Crippen LogP contribution in [0, 0.1) is 0 Å². The molecule has 0 rings (SSSR count). The first-order valence-corrected chi connectivity index (χ1v) is 4.06. The molecule has 0 radical (unpaired) electrons. The van der Waals surface area contributed by atoms with E-state index in [0.717, 1.165) is 12.8 Å². The van der Waals surface area contributed by atoms with Crippen LogP contribution in [0.3, 0.4) is 0 Å². The molecular weight excluding hydrogens is 152 g/mol. The molecule has 0 aromatic rings. The van der Waals surface area contributed by atoms with Gasteiger partial charge in [0.1, 0.15) is 0 Å². The highest BCUT2D eigenvalue weighted by Gasteiger charge is 1.86.